The fraction of sp³-hybridized carbons (Fsp3) is 0.636. The fourth-order valence-corrected chi connectivity index (χ4v) is 2.15. The summed E-state index contributed by atoms with van der Waals surface area (Å²) in [5.74, 6) is 0.486. The van der Waals surface area contributed by atoms with Gasteiger partial charge < -0.3 is 10.6 Å². The molecule has 1 aliphatic heterocycles. The Hall–Kier alpha value is -1.36. The van der Waals surface area contributed by atoms with E-state index < -0.39 is 0 Å². The van der Waals surface area contributed by atoms with Gasteiger partial charge in [0.05, 0.1) is 0 Å². The number of hydrogen-bond donors (Lipinski definition) is 1. The molecule has 1 aromatic rings. The summed E-state index contributed by atoms with van der Waals surface area (Å²) in [6, 6.07) is 1.91. The number of hydrogen-bond acceptors (Lipinski definition) is 3. The van der Waals surface area contributed by atoms with Gasteiger partial charge in [0, 0.05) is 32.4 Å². The Labute approximate surface area is 95.2 Å². The van der Waals surface area contributed by atoms with Crippen LogP contribution in [0.4, 0.5) is 0 Å². The molecule has 0 saturated carbocycles. The Morgan fingerprint density at radius 2 is 2.44 bits per heavy atom. The third-order valence-corrected chi connectivity index (χ3v) is 3.30. The standard InChI is InChI=1S/C11H18N4O/c1-8(12)9-4-6-15(7-9)11(16)10-3-5-13-14(10)2/h3,5,8-9H,4,6-7,12H2,1-2H3. The van der Waals surface area contributed by atoms with Crippen molar-refractivity contribution < 1.29 is 4.79 Å². The van der Waals surface area contributed by atoms with Crippen LogP contribution in [0.2, 0.25) is 0 Å². The highest BCUT2D eigenvalue weighted by Crippen LogP contribution is 2.20. The largest absolute Gasteiger partial charge is 0.337 e. The summed E-state index contributed by atoms with van der Waals surface area (Å²) in [6.45, 7) is 3.57. The van der Waals surface area contributed by atoms with Crippen LogP contribution in [0.1, 0.15) is 23.8 Å². The number of aryl methyl sites for hydroxylation is 1. The van der Waals surface area contributed by atoms with Crippen LogP contribution in [-0.4, -0.2) is 39.7 Å². The number of amides is 1. The summed E-state index contributed by atoms with van der Waals surface area (Å²) in [5.41, 5.74) is 6.50. The Balaban J connectivity index is 2.05. The molecule has 88 valence electrons. The third kappa shape index (κ3) is 1.95. The molecule has 2 heterocycles. The van der Waals surface area contributed by atoms with Crippen molar-refractivity contribution in [3.63, 3.8) is 0 Å². The van der Waals surface area contributed by atoms with Crippen LogP contribution in [0.3, 0.4) is 0 Å². The number of nitrogens with two attached hydrogens (primary N) is 1. The van der Waals surface area contributed by atoms with Crippen LogP contribution in [0, 0.1) is 5.92 Å². The van der Waals surface area contributed by atoms with Crippen molar-refractivity contribution in [2.45, 2.75) is 19.4 Å². The highest BCUT2D eigenvalue weighted by Gasteiger charge is 2.29. The Bertz CT molecular complexity index is 385. The second kappa shape index (κ2) is 4.25. The highest BCUT2D eigenvalue weighted by atomic mass is 16.2. The van der Waals surface area contributed by atoms with E-state index in [1.54, 1.807) is 24.0 Å². The SMILES string of the molecule is CC(N)C1CCN(C(=O)c2ccnn2C)C1. The first kappa shape index (κ1) is 11.1. The predicted molar refractivity (Wildman–Crippen MR) is 60.9 cm³/mol. The number of carbonyl (C=O) groups excluding carboxylic acids is 1. The summed E-state index contributed by atoms with van der Waals surface area (Å²) in [7, 11) is 1.78. The lowest BCUT2D eigenvalue weighted by atomic mass is 10.0. The molecule has 0 radical (unpaired) electrons. The van der Waals surface area contributed by atoms with Gasteiger partial charge in [0.2, 0.25) is 0 Å². The molecule has 1 aromatic heterocycles. The summed E-state index contributed by atoms with van der Waals surface area (Å²) < 4.78 is 1.61. The average molecular weight is 222 g/mol. The number of carbonyl (C=O) groups is 1. The van der Waals surface area contributed by atoms with E-state index in [0.717, 1.165) is 19.5 Å². The quantitative estimate of drug-likeness (QED) is 0.779. The summed E-state index contributed by atoms with van der Waals surface area (Å²) in [4.78, 5) is 14.0. The molecule has 2 unspecified atom stereocenters. The van der Waals surface area contributed by atoms with E-state index in [0.29, 0.717) is 11.6 Å². The smallest absolute Gasteiger partial charge is 0.272 e. The van der Waals surface area contributed by atoms with Gasteiger partial charge >= 0.3 is 0 Å². The molecule has 2 atom stereocenters. The number of rotatable bonds is 2. The number of nitrogens with zero attached hydrogens (tertiary/aromatic N) is 3. The first-order chi connectivity index (χ1) is 7.59. The van der Waals surface area contributed by atoms with Crippen LogP contribution < -0.4 is 5.73 Å². The van der Waals surface area contributed by atoms with Gasteiger partial charge in [-0.3, -0.25) is 9.48 Å². The average Bonchev–Trinajstić information content (AvgIpc) is 2.84. The first-order valence-corrected chi connectivity index (χ1v) is 5.62. The predicted octanol–water partition coefficient (Wildman–Crippen LogP) is 0.229. The minimum absolute atomic E-state index is 0.0585. The van der Waals surface area contributed by atoms with E-state index in [9.17, 15) is 4.79 Å². The molecule has 5 heteroatoms. The molecule has 1 saturated heterocycles. The van der Waals surface area contributed by atoms with Gasteiger partial charge in [-0.25, -0.2) is 0 Å². The van der Waals surface area contributed by atoms with Crippen molar-refractivity contribution in [1.29, 1.82) is 0 Å². The second-order valence-corrected chi connectivity index (χ2v) is 4.50. The van der Waals surface area contributed by atoms with Gasteiger partial charge in [0.25, 0.3) is 5.91 Å². The molecular formula is C11H18N4O. The van der Waals surface area contributed by atoms with Crippen LogP contribution in [-0.2, 0) is 7.05 Å². The Kier molecular flexibility index (Phi) is 2.96. The van der Waals surface area contributed by atoms with E-state index in [1.165, 1.54) is 0 Å². The van der Waals surface area contributed by atoms with Gasteiger partial charge in [-0.05, 0) is 25.3 Å². The van der Waals surface area contributed by atoms with Crippen LogP contribution >= 0.6 is 0 Å². The van der Waals surface area contributed by atoms with Crippen molar-refractivity contribution in [3.05, 3.63) is 18.0 Å². The lowest BCUT2D eigenvalue weighted by molar-refractivity contribution is 0.0775. The van der Waals surface area contributed by atoms with Crippen LogP contribution in [0.25, 0.3) is 0 Å². The minimum Gasteiger partial charge on any atom is -0.337 e. The maximum absolute atomic E-state index is 12.1. The molecule has 0 aliphatic carbocycles. The molecule has 1 aliphatic rings. The minimum atomic E-state index is 0.0585. The summed E-state index contributed by atoms with van der Waals surface area (Å²) >= 11 is 0. The summed E-state index contributed by atoms with van der Waals surface area (Å²) in [6.07, 6.45) is 2.65. The van der Waals surface area contributed by atoms with Gasteiger partial charge in [-0.15, -0.1) is 0 Å². The van der Waals surface area contributed by atoms with Gasteiger partial charge in [-0.1, -0.05) is 0 Å². The van der Waals surface area contributed by atoms with Gasteiger partial charge in [0.1, 0.15) is 5.69 Å². The number of likely N-dealkylation sites (tertiary alicyclic amines) is 1. The van der Waals surface area contributed by atoms with Crippen molar-refractivity contribution in [3.8, 4) is 0 Å². The van der Waals surface area contributed by atoms with Gasteiger partial charge in [-0.2, -0.15) is 5.10 Å². The Morgan fingerprint density at radius 3 is 2.94 bits per heavy atom. The zero-order valence-corrected chi connectivity index (χ0v) is 9.76. The molecule has 0 aromatic carbocycles. The molecule has 0 bridgehead atoms. The van der Waals surface area contributed by atoms with E-state index in [-0.39, 0.29) is 11.9 Å². The van der Waals surface area contributed by atoms with E-state index in [1.807, 2.05) is 11.8 Å². The van der Waals surface area contributed by atoms with Crippen molar-refractivity contribution in [2.24, 2.45) is 18.7 Å². The third-order valence-electron chi connectivity index (χ3n) is 3.30. The molecular weight excluding hydrogens is 204 g/mol. The van der Waals surface area contributed by atoms with E-state index in [2.05, 4.69) is 5.10 Å². The molecule has 5 nitrogen and oxygen atoms in total. The zero-order valence-electron chi connectivity index (χ0n) is 9.76. The van der Waals surface area contributed by atoms with Crippen molar-refractivity contribution in [2.75, 3.05) is 13.1 Å². The zero-order chi connectivity index (χ0) is 11.7. The fourth-order valence-electron chi connectivity index (χ4n) is 2.15. The first-order valence-electron chi connectivity index (χ1n) is 5.62. The normalized spacial score (nSPS) is 22.4. The molecule has 0 spiro atoms. The molecule has 1 fully saturated rings. The lowest BCUT2D eigenvalue weighted by Crippen LogP contribution is -2.33. The van der Waals surface area contributed by atoms with Crippen LogP contribution in [0.5, 0.6) is 0 Å². The maximum Gasteiger partial charge on any atom is 0.272 e. The number of aromatic nitrogens is 2. The van der Waals surface area contributed by atoms with E-state index in [4.69, 9.17) is 5.73 Å². The Morgan fingerprint density at radius 1 is 1.69 bits per heavy atom. The van der Waals surface area contributed by atoms with E-state index >= 15 is 0 Å². The van der Waals surface area contributed by atoms with Gasteiger partial charge in [0.15, 0.2) is 0 Å². The van der Waals surface area contributed by atoms with Crippen molar-refractivity contribution >= 4 is 5.91 Å². The molecule has 2 rings (SSSR count). The van der Waals surface area contributed by atoms with Crippen molar-refractivity contribution in [1.82, 2.24) is 14.7 Å². The highest BCUT2D eigenvalue weighted by molar-refractivity contribution is 5.92. The summed E-state index contributed by atoms with van der Waals surface area (Å²) in [5, 5.41) is 4.01. The second-order valence-electron chi connectivity index (χ2n) is 4.50. The molecule has 1 amide bonds. The monoisotopic (exact) mass is 222 g/mol. The topological polar surface area (TPSA) is 64.2 Å². The molecule has 2 N–H and O–H groups in total. The maximum atomic E-state index is 12.1. The molecule has 16 heavy (non-hydrogen) atoms. The lowest BCUT2D eigenvalue weighted by Gasteiger charge is -2.17. The van der Waals surface area contributed by atoms with Crippen LogP contribution in [0.15, 0.2) is 12.3 Å².